The second-order valence-electron chi connectivity index (χ2n) is 7.04. The molecule has 0 spiro atoms. The molecule has 0 aliphatic carbocycles. The van der Waals surface area contributed by atoms with Crippen molar-refractivity contribution in [2.45, 2.75) is 26.3 Å². The van der Waals surface area contributed by atoms with Crippen LogP contribution in [0, 0.1) is 0 Å². The fraction of sp³-hybridized carbons (Fsp3) is 0.526. The van der Waals surface area contributed by atoms with E-state index in [0.29, 0.717) is 5.75 Å². The average Bonchev–Trinajstić information content (AvgIpc) is 2.62. The van der Waals surface area contributed by atoms with Crippen LogP contribution in [-0.2, 0) is 14.3 Å². The lowest BCUT2D eigenvalue weighted by Gasteiger charge is -2.23. The summed E-state index contributed by atoms with van der Waals surface area (Å²) in [7, 11) is 5.75. The summed E-state index contributed by atoms with van der Waals surface area (Å²) in [5, 5.41) is 2.75. The first kappa shape index (κ1) is 23.1. The summed E-state index contributed by atoms with van der Waals surface area (Å²) in [5.41, 5.74) is -0.268. The molecule has 28 heavy (non-hydrogen) atoms. The molecule has 9 nitrogen and oxygen atoms in total. The summed E-state index contributed by atoms with van der Waals surface area (Å²) in [5.74, 6) is -0.640. The quantitative estimate of drug-likeness (QED) is 0.660. The van der Waals surface area contributed by atoms with Gasteiger partial charge in [-0.3, -0.25) is 9.59 Å². The van der Waals surface area contributed by atoms with Crippen LogP contribution >= 0.6 is 0 Å². The zero-order chi connectivity index (χ0) is 21.5. The molecule has 0 saturated heterocycles. The van der Waals surface area contributed by atoms with Crippen molar-refractivity contribution in [2.24, 2.45) is 0 Å². The number of carbonyl (C=O) groups excluding carboxylic acids is 3. The van der Waals surface area contributed by atoms with Crippen molar-refractivity contribution >= 4 is 17.8 Å². The number of carbonyl (C=O) groups is 3. The highest BCUT2D eigenvalue weighted by molar-refractivity contribution is 5.93. The number of benzene rings is 1. The van der Waals surface area contributed by atoms with Crippen molar-refractivity contribution in [3.05, 3.63) is 17.7 Å². The fourth-order valence-electron chi connectivity index (χ4n) is 2.28. The molecule has 0 aliphatic heterocycles. The minimum atomic E-state index is -0.736. The zero-order valence-corrected chi connectivity index (χ0v) is 17.4. The molecule has 0 radical (unpaired) electrons. The van der Waals surface area contributed by atoms with Crippen LogP contribution < -0.4 is 19.5 Å². The zero-order valence-electron chi connectivity index (χ0n) is 17.4. The minimum absolute atomic E-state index is 0.135. The fourth-order valence-corrected chi connectivity index (χ4v) is 2.28. The van der Waals surface area contributed by atoms with E-state index in [-0.39, 0.29) is 29.5 Å². The summed E-state index contributed by atoms with van der Waals surface area (Å²) >= 11 is 0. The summed E-state index contributed by atoms with van der Waals surface area (Å²) in [6.45, 7) is 4.87. The lowest BCUT2D eigenvalue weighted by Crippen LogP contribution is -2.46. The van der Waals surface area contributed by atoms with Crippen LogP contribution in [0.1, 0.15) is 31.1 Å². The number of hydrogen-bond acceptors (Lipinski definition) is 7. The third-order valence-electron chi connectivity index (χ3n) is 3.55. The maximum absolute atomic E-state index is 12.3. The SMILES string of the molecule is COc1cc(C(=O)OCC(=O)N(C)CC(=O)NC(C)(C)C)cc(OC)c1OC. The van der Waals surface area contributed by atoms with E-state index in [1.165, 1.54) is 45.4 Å². The van der Waals surface area contributed by atoms with Gasteiger partial charge < -0.3 is 29.2 Å². The van der Waals surface area contributed by atoms with Gasteiger partial charge in [-0.15, -0.1) is 0 Å². The second-order valence-corrected chi connectivity index (χ2v) is 7.04. The summed E-state index contributed by atoms with van der Waals surface area (Å²) in [4.78, 5) is 37.5. The number of amides is 2. The van der Waals surface area contributed by atoms with Gasteiger partial charge in [0, 0.05) is 12.6 Å². The Balaban J connectivity index is 2.73. The van der Waals surface area contributed by atoms with Crippen LogP contribution in [-0.4, -0.2) is 69.8 Å². The van der Waals surface area contributed by atoms with Crippen molar-refractivity contribution in [3.8, 4) is 17.2 Å². The molecule has 156 valence electrons. The Morgan fingerprint density at radius 2 is 1.54 bits per heavy atom. The Kier molecular flexibility index (Phi) is 8.09. The molecule has 0 aliphatic rings. The van der Waals surface area contributed by atoms with Gasteiger partial charge in [0.2, 0.25) is 11.7 Å². The van der Waals surface area contributed by atoms with Crippen LogP contribution in [0.3, 0.4) is 0 Å². The molecule has 0 unspecified atom stereocenters. The third kappa shape index (κ3) is 6.64. The Bertz CT molecular complexity index is 700. The normalized spacial score (nSPS) is 10.7. The molecule has 0 fully saturated rings. The minimum Gasteiger partial charge on any atom is -0.493 e. The van der Waals surface area contributed by atoms with Gasteiger partial charge in [-0.25, -0.2) is 4.79 Å². The van der Waals surface area contributed by atoms with Gasteiger partial charge in [-0.1, -0.05) is 0 Å². The predicted molar refractivity (Wildman–Crippen MR) is 102 cm³/mol. The molecule has 1 N–H and O–H groups in total. The van der Waals surface area contributed by atoms with E-state index < -0.39 is 24.0 Å². The van der Waals surface area contributed by atoms with Crippen LogP contribution in [0.4, 0.5) is 0 Å². The molecular formula is C19H28N2O7. The predicted octanol–water partition coefficient (Wildman–Crippen LogP) is 1.24. The van der Waals surface area contributed by atoms with Gasteiger partial charge in [0.1, 0.15) is 0 Å². The van der Waals surface area contributed by atoms with Crippen LogP contribution in [0.15, 0.2) is 12.1 Å². The molecule has 9 heteroatoms. The Morgan fingerprint density at radius 1 is 1.00 bits per heavy atom. The lowest BCUT2D eigenvalue weighted by atomic mass is 10.1. The number of methoxy groups -OCH3 is 3. The summed E-state index contributed by atoms with van der Waals surface area (Å²) in [6, 6.07) is 2.85. The van der Waals surface area contributed by atoms with Crippen LogP contribution in [0.5, 0.6) is 17.2 Å². The van der Waals surface area contributed by atoms with E-state index in [1.807, 2.05) is 20.8 Å². The van der Waals surface area contributed by atoms with Crippen molar-refractivity contribution in [1.29, 1.82) is 0 Å². The molecule has 0 aromatic heterocycles. The first-order chi connectivity index (χ1) is 13.0. The van der Waals surface area contributed by atoms with E-state index in [1.54, 1.807) is 0 Å². The van der Waals surface area contributed by atoms with E-state index in [9.17, 15) is 14.4 Å². The highest BCUT2D eigenvalue weighted by atomic mass is 16.5. The van der Waals surface area contributed by atoms with Crippen LogP contribution in [0.2, 0.25) is 0 Å². The maximum atomic E-state index is 12.3. The number of likely N-dealkylation sites (N-methyl/N-ethyl adjacent to an activating group) is 1. The lowest BCUT2D eigenvalue weighted by molar-refractivity contribution is -0.137. The molecule has 2 amide bonds. The van der Waals surface area contributed by atoms with E-state index in [4.69, 9.17) is 18.9 Å². The number of hydrogen-bond donors (Lipinski definition) is 1. The van der Waals surface area contributed by atoms with E-state index >= 15 is 0 Å². The van der Waals surface area contributed by atoms with Crippen LogP contribution in [0.25, 0.3) is 0 Å². The largest absolute Gasteiger partial charge is 0.493 e. The Hall–Kier alpha value is -2.97. The van der Waals surface area contributed by atoms with Gasteiger partial charge in [0.05, 0.1) is 33.4 Å². The highest BCUT2D eigenvalue weighted by Crippen LogP contribution is 2.38. The van der Waals surface area contributed by atoms with Crippen molar-refractivity contribution in [2.75, 3.05) is 41.5 Å². The van der Waals surface area contributed by atoms with Gasteiger partial charge >= 0.3 is 5.97 Å². The van der Waals surface area contributed by atoms with Gasteiger partial charge in [0.25, 0.3) is 5.91 Å². The maximum Gasteiger partial charge on any atom is 0.338 e. The second kappa shape index (κ2) is 9.82. The number of ether oxygens (including phenoxy) is 4. The smallest absolute Gasteiger partial charge is 0.338 e. The Morgan fingerprint density at radius 3 is 1.96 bits per heavy atom. The first-order valence-electron chi connectivity index (χ1n) is 8.54. The molecule has 0 saturated carbocycles. The van der Waals surface area contributed by atoms with Crippen molar-refractivity contribution < 1.29 is 33.3 Å². The van der Waals surface area contributed by atoms with Gasteiger partial charge in [0.15, 0.2) is 18.1 Å². The number of rotatable bonds is 8. The number of esters is 1. The van der Waals surface area contributed by atoms with Gasteiger partial charge in [-0.2, -0.15) is 0 Å². The molecule has 0 bridgehead atoms. The molecular weight excluding hydrogens is 368 g/mol. The first-order valence-corrected chi connectivity index (χ1v) is 8.54. The van der Waals surface area contributed by atoms with E-state index in [2.05, 4.69) is 5.32 Å². The average molecular weight is 396 g/mol. The molecule has 0 atom stereocenters. The molecule has 0 heterocycles. The number of nitrogens with one attached hydrogen (secondary N) is 1. The van der Waals surface area contributed by atoms with Crippen molar-refractivity contribution in [1.82, 2.24) is 10.2 Å². The Labute approximate surface area is 164 Å². The summed E-state index contributed by atoms with van der Waals surface area (Å²) < 4.78 is 20.6. The summed E-state index contributed by atoms with van der Waals surface area (Å²) in [6.07, 6.45) is 0. The monoisotopic (exact) mass is 396 g/mol. The molecule has 1 aromatic rings. The van der Waals surface area contributed by atoms with Crippen molar-refractivity contribution in [3.63, 3.8) is 0 Å². The molecule has 1 aromatic carbocycles. The topological polar surface area (TPSA) is 103 Å². The van der Waals surface area contributed by atoms with E-state index in [0.717, 1.165) is 0 Å². The molecule has 1 rings (SSSR count). The standard InChI is InChI=1S/C19H28N2O7/c1-19(2,3)20-15(22)10-21(4)16(23)11-28-18(24)12-8-13(25-5)17(27-7)14(9-12)26-6/h8-9H,10-11H2,1-7H3,(H,20,22). The van der Waals surface area contributed by atoms with Gasteiger partial charge in [-0.05, 0) is 32.9 Å². The number of nitrogens with zero attached hydrogens (tertiary/aromatic N) is 1. The third-order valence-corrected chi connectivity index (χ3v) is 3.55. The highest BCUT2D eigenvalue weighted by Gasteiger charge is 2.21.